The zero-order valence-corrected chi connectivity index (χ0v) is 16.4. The number of benzene rings is 2. The van der Waals surface area contributed by atoms with Gasteiger partial charge in [0.1, 0.15) is 17.2 Å². The van der Waals surface area contributed by atoms with E-state index in [9.17, 15) is 9.90 Å². The predicted molar refractivity (Wildman–Crippen MR) is 110 cm³/mol. The molecule has 2 aromatic carbocycles. The van der Waals surface area contributed by atoms with E-state index in [0.717, 1.165) is 0 Å². The van der Waals surface area contributed by atoms with E-state index in [4.69, 9.17) is 9.47 Å². The van der Waals surface area contributed by atoms with Crippen LogP contribution in [0.25, 0.3) is 0 Å². The molecule has 0 radical (unpaired) electrons. The Hall–Kier alpha value is -3.38. The Bertz CT molecular complexity index is 944. The van der Waals surface area contributed by atoms with Crippen LogP contribution in [0, 0.1) is 0 Å². The number of aliphatic hydroxyl groups is 1. The number of ether oxygens (including phenoxy) is 2. The quantitative estimate of drug-likeness (QED) is 0.603. The van der Waals surface area contributed by atoms with Crippen LogP contribution in [0.5, 0.6) is 17.2 Å². The lowest BCUT2D eigenvalue weighted by molar-refractivity contribution is 0.0914. The first-order valence-corrected chi connectivity index (χ1v) is 9.42. The number of nitrogens with one attached hydrogen (secondary N) is 1. The van der Waals surface area contributed by atoms with Crippen molar-refractivity contribution in [3.63, 3.8) is 0 Å². The van der Waals surface area contributed by atoms with Crippen LogP contribution < -0.4 is 14.8 Å². The average Bonchev–Trinajstić information content (AvgIpc) is 2.72. The van der Waals surface area contributed by atoms with Crippen LogP contribution in [0.2, 0.25) is 0 Å². The number of pyridine rings is 1. The maximum absolute atomic E-state index is 12.7. The van der Waals surface area contributed by atoms with Crippen molar-refractivity contribution in [2.45, 2.75) is 26.1 Å². The molecule has 150 valence electrons. The molecular formula is C23H24N2O4. The molecule has 2 N–H and O–H groups in total. The topological polar surface area (TPSA) is 80.7 Å². The van der Waals surface area contributed by atoms with E-state index < -0.39 is 6.10 Å². The molecule has 0 saturated carbocycles. The van der Waals surface area contributed by atoms with Crippen molar-refractivity contribution in [3.8, 4) is 17.2 Å². The molecule has 6 heteroatoms. The minimum absolute atomic E-state index is 0.0402. The summed E-state index contributed by atoms with van der Waals surface area (Å²) in [5.41, 5.74) is 1.05. The lowest BCUT2D eigenvalue weighted by Crippen LogP contribution is -2.28. The number of hydrogen-bond acceptors (Lipinski definition) is 5. The fourth-order valence-corrected chi connectivity index (χ4v) is 2.75. The minimum Gasteiger partial charge on any atom is -0.491 e. The van der Waals surface area contributed by atoms with Crippen molar-refractivity contribution in [1.29, 1.82) is 0 Å². The lowest BCUT2D eigenvalue weighted by atomic mass is 10.1. The summed E-state index contributed by atoms with van der Waals surface area (Å²) in [5, 5.41) is 13.2. The van der Waals surface area contributed by atoms with E-state index in [-0.39, 0.29) is 18.6 Å². The van der Waals surface area contributed by atoms with E-state index >= 15 is 0 Å². The molecule has 1 aromatic heterocycles. The maximum atomic E-state index is 12.7. The molecule has 0 bridgehead atoms. The highest BCUT2D eigenvalue weighted by Crippen LogP contribution is 2.25. The summed E-state index contributed by atoms with van der Waals surface area (Å²) >= 11 is 0. The van der Waals surface area contributed by atoms with Crippen LogP contribution in [0.3, 0.4) is 0 Å². The number of hydrogen-bond donors (Lipinski definition) is 2. The van der Waals surface area contributed by atoms with Crippen molar-refractivity contribution >= 4 is 5.91 Å². The minimum atomic E-state index is -0.860. The van der Waals surface area contributed by atoms with Gasteiger partial charge in [0.2, 0.25) is 0 Å². The first kappa shape index (κ1) is 20.4. The van der Waals surface area contributed by atoms with Crippen LogP contribution in [0.1, 0.15) is 35.9 Å². The largest absolute Gasteiger partial charge is 0.491 e. The Labute approximate surface area is 170 Å². The van der Waals surface area contributed by atoms with Crippen LogP contribution in [0.15, 0.2) is 73.1 Å². The molecular weight excluding hydrogens is 368 g/mol. The first-order valence-electron chi connectivity index (χ1n) is 9.42. The van der Waals surface area contributed by atoms with E-state index in [2.05, 4.69) is 10.3 Å². The molecule has 0 saturated heterocycles. The van der Waals surface area contributed by atoms with Gasteiger partial charge in [-0.2, -0.15) is 0 Å². The number of aromatic nitrogens is 1. The van der Waals surface area contributed by atoms with E-state index in [1.54, 1.807) is 60.9 Å². The van der Waals surface area contributed by atoms with Gasteiger partial charge in [0.05, 0.1) is 24.0 Å². The number of amides is 1. The van der Waals surface area contributed by atoms with Crippen LogP contribution in [-0.2, 0) is 0 Å². The lowest BCUT2D eigenvalue weighted by Gasteiger charge is -2.16. The average molecular weight is 392 g/mol. The molecule has 1 unspecified atom stereocenters. The summed E-state index contributed by atoms with van der Waals surface area (Å²) in [5.74, 6) is 1.30. The Balaban J connectivity index is 1.65. The summed E-state index contributed by atoms with van der Waals surface area (Å²) in [6, 6.07) is 17.7. The van der Waals surface area contributed by atoms with Gasteiger partial charge in [0, 0.05) is 12.7 Å². The van der Waals surface area contributed by atoms with Crippen molar-refractivity contribution in [2.24, 2.45) is 0 Å². The highest BCUT2D eigenvalue weighted by atomic mass is 16.5. The molecule has 0 aliphatic heterocycles. The van der Waals surface area contributed by atoms with Gasteiger partial charge in [0.25, 0.3) is 5.91 Å². The smallest absolute Gasteiger partial charge is 0.255 e. The number of nitrogens with zero attached hydrogens (tertiary/aromatic N) is 1. The highest BCUT2D eigenvalue weighted by Gasteiger charge is 2.15. The van der Waals surface area contributed by atoms with Crippen molar-refractivity contribution in [2.75, 3.05) is 6.54 Å². The number of para-hydroxylation sites is 1. The number of rotatable bonds is 8. The standard InChI is InChI=1S/C23H24N2O4/c1-16(2)28-18-8-5-7-17(13-18)21(26)15-25-23(27)20-10-3-4-11-22(20)29-19-9-6-12-24-14-19/h3-14,16,21,26H,15H2,1-2H3,(H,25,27). The number of carbonyl (C=O) groups excluding carboxylic acids is 1. The Morgan fingerprint density at radius 1 is 1.07 bits per heavy atom. The molecule has 1 amide bonds. The zero-order chi connectivity index (χ0) is 20.6. The second-order valence-corrected chi connectivity index (χ2v) is 6.75. The number of aliphatic hydroxyl groups excluding tert-OH is 1. The molecule has 6 nitrogen and oxygen atoms in total. The maximum Gasteiger partial charge on any atom is 0.255 e. The molecule has 0 aliphatic carbocycles. The van der Waals surface area contributed by atoms with Gasteiger partial charge in [0.15, 0.2) is 0 Å². The van der Waals surface area contributed by atoms with Gasteiger partial charge in [-0.15, -0.1) is 0 Å². The molecule has 0 spiro atoms. The molecule has 0 fully saturated rings. The second-order valence-electron chi connectivity index (χ2n) is 6.75. The van der Waals surface area contributed by atoms with Crippen LogP contribution >= 0.6 is 0 Å². The molecule has 1 heterocycles. The van der Waals surface area contributed by atoms with Crippen LogP contribution in [0.4, 0.5) is 0 Å². The Morgan fingerprint density at radius 3 is 2.62 bits per heavy atom. The van der Waals surface area contributed by atoms with Crippen molar-refractivity contribution in [1.82, 2.24) is 10.3 Å². The zero-order valence-electron chi connectivity index (χ0n) is 16.4. The fraction of sp³-hybridized carbons (Fsp3) is 0.217. The third-order valence-corrected chi connectivity index (χ3v) is 4.06. The first-order chi connectivity index (χ1) is 14.0. The van der Waals surface area contributed by atoms with E-state index in [0.29, 0.717) is 28.4 Å². The highest BCUT2D eigenvalue weighted by molar-refractivity contribution is 5.97. The monoisotopic (exact) mass is 392 g/mol. The van der Waals surface area contributed by atoms with E-state index in [1.165, 1.54) is 0 Å². The SMILES string of the molecule is CC(C)Oc1cccc(C(O)CNC(=O)c2ccccc2Oc2cccnc2)c1. The summed E-state index contributed by atoms with van der Waals surface area (Å²) in [6.07, 6.45) is 2.40. The van der Waals surface area contributed by atoms with Gasteiger partial charge < -0.3 is 19.9 Å². The predicted octanol–water partition coefficient (Wildman–Crippen LogP) is 4.12. The summed E-state index contributed by atoms with van der Waals surface area (Å²) in [6.45, 7) is 3.94. The molecule has 1 atom stereocenters. The Kier molecular flexibility index (Phi) is 6.81. The van der Waals surface area contributed by atoms with Gasteiger partial charge in [-0.3, -0.25) is 9.78 Å². The molecule has 0 aliphatic rings. The fourth-order valence-electron chi connectivity index (χ4n) is 2.75. The van der Waals surface area contributed by atoms with Crippen molar-refractivity contribution in [3.05, 3.63) is 84.2 Å². The number of carbonyl (C=O) groups is 1. The van der Waals surface area contributed by atoms with E-state index in [1.807, 2.05) is 26.0 Å². The molecule has 3 aromatic rings. The third kappa shape index (κ3) is 5.80. The Morgan fingerprint density at radius 2 is 1.86 bits per heavy atom. The van der Waals surface area contributed by atoms with Gasteiger partial charge >= 0.3 is 0 Å². The third-order valence-electron chi connectivity index (χ3n) is 4.06. The summed E-state index contributed by atoms with van der Waals surface area (Å²) < 4.78 is 11.4. The normalized spacial score (nSPS) is 11.7. The molecule has 3 rings (SSSR count). The second kappa shape index (κ2) is 9.71. The van der Waals surface area contributed by atoms with Crippen molar-refractivity contribution < 1.29 is 19.4 Å². The molecule has 29 heavy (non-hydrogen) atoms. The van der Waals surface area contributed by atoms with Crippen LogP contribution in [-0.4, -0.2) is 28.6 Å². The van der Waals surface area contributed by atoms with Gasteiger partial charge in [-0.05, 0) is 55.8 Å². The summed E-state index contributed by atoms with van der Waals surface area (Å²) in [7, 11) is 0. The van der Waals surface area contributed by atoms with Gasteiger partial charge in [-0.1, -0.05) is 24.3 Å². The summed E-state index contributed by atoms with van der Waals surface area (Å²) in [4.78, 5) is 16.7. The van der Waals surface area contributed by atoms with Gasteiger partial charge in [-0.25, -0.2) is 0 Å².